The Bertz CT molecular complexity index is 852. The van der Waals surface area contributed by atoms with Crippen LogP contribution >= 0.6 is 0 Å². The van der Waals surface area contributed by atoms with E-state index in [0.29, 0.717) is 17.3 Å². The van der Waals surface area contributed by atoms with Gasteiger partial charge < -0.3 is 9.26 Å². The third-order valence-corrected chi connectivity index (χ3v) is 3.36. The molecule has 122 valence electrons. The first-order chi connectivity index (χ1) is 11.5. The lowest BCUT2D eigenvalue weighted by molar-refractivity contribution is -0.384. The number of hydrogen-bond acceptors (Lipinski definition) is 6. The molecule has 0 radical (unpaired) electrons. The van der Waals surface area contributed by atoms with E-state index in [4.69, 9.17) is 9.26 Å². The monoisotopic (exact) mass is 325 g/mol. The average Bonchev–Trinajstić information content (AvgIpc) is 3.01. The molecule has 7 heteroatoms. The fourth-order valence-corrected chi connectivity index (χ4v) is 2.32. The van der Waals surface area contributed by atoms with Crippen LogP contribution in [0.5, 0.6) is 5.75 Å². The molecule has 0 atom stereocenters. The molecule has 24 heavy (non-hydrogen) atoms. The van der Waals surface area contributed by atoms with Crippen LogP contribution in [-0.2, 0) is 6.61 Å². The van der Waals surface area contributed by atoms with E-state index in [1.165, 1.54) is 12.1 Å². The van der Waals surface area contributed by atoms with Gasteiger partial charge in [-0.05, 0) is 49.2 Å². The predicted molar refractivity (Wildman–Crippen MR) is 86.6 cm³/mol. The molecule has 0 N–H and O–H groups in total. The van der Waals surface area contributed by atoms with Crippen molar-refractivity contribution in [1.29, 1.82) is 0 Å². The molecule has 1 aromatic heterocycles. The van der Waals surface area contributed by atoms with Crippen LogP contribution in [0.4, 0.5) is 5.69 Å². The average molecular weight is 325 g/mol. The van der Waals surface area contributed by atoms with Gasteiger partial charge in [-0.2, -0.15) is 4.98 Å². The maximum absolute atomic E-state index is 10.7. The van der Waals surface area contributed by atoms with E-state index in [1.807, 2.05) is 26.0 Å². The molecule has 2 aromatic carbocycles. The van der Waals surface area contributed by atoms with Crippen molar-refractivity contribution in [3.05, 3.63) is 69.6 Å². The number of nitro benzene ring substituents is 1. The second-order valence-corrected chi connectivity index (χ2v) is 5.43. The molecule has 0 bridgehead atoms. The van der Waals surface area contributed by atoms with E-state index in [9.17, 15) is 10.1 Å². The van der Waals surface area contributed by atoms with Gasteiger partial charge >= 0.3 is 0 Å². The van der Waals surface area contributed by atoms with Crippen LogP contribution in [0.2, 0.25) is 0 Å². The molecule has 7 nitrogen and oxygen atoms in total. The number of nitro groups is 1. The van der Waals surface area contributed by atoms with Gasteiger partial charge in [-0.15, -0.1) is 0 Å². The minimum absolute atomic E-state index is 0.0145. The van der Waals surface area contributed by atoms with Crippen molar-refractivity contribution >= 4 is 5.69 Å². The number of rotatable bonds is 5. The molecule has 0 spiro atoms. The Hall–Kier alpha value is -3.22. The highest BCUT2D eigenvalue weighted by Gasteiger charge is 2.11. The van der Waals surface area contributed by atoms with Crippen LogP contribution in [0.3, 0.4) is 0 Å². The minimum atomic E-state index is -0.455. The van der Waals surface area contributed by atoms with Crippen molar-refractivity contribution in [2.24, 2.45) is 0 Å². The third kappa shape index (κ3) is 3.57. The summed E-state index contributed by atoms with van der Waals surface area (Å²) < 4.78 is 10.8. The number of hydrogen-bond donors (Lipinski definition) is 0. The molecule has 3 aromatic rings. The molecule has 0 amide bonds. The number of aryl methyl sites for hydroxylation is 2. The summed E-state index contributed by atoms with van der Waals surface area (Å²) in [6.45, 7) is 4.15. The van der Waals surface area contributed by atoms with Crippen LogP contribution in [0.25, 0.3) is 11.4 Å². The van der Waals surface area contributed by atoms with Crippen molar-refractivity contribution < 1.29 is 14.2 Å². The second kappa shape index (κ2) is 6.49. The van der Waals surface area contributed by atoms with Gasteiger partial charge in [0.15, 0.2) is 6.61 Å². The first-order valence-electron chi connectivity index (χ1n) is 7.30. The topological polar surface area (TPSA) is 91.3 Å². The SMILES string of the molecule is Cc1cc(C)cc(OCc2nc(-c3ccc([N+](=O)[O-])cc3)no2)c1. The molecule has 0 unspecified atom stereocenters. The summed E-state index contributed by atoms with van der Waals surface area (Å²) in [6.07, 6.45) is 0. The Morgan fingerprint density at radius 3 is 2.42 bits per heavy atom. The van der Waals surface area contributed by atoms with E-state index >= 15 is 0 Å². The Morgan fingerprint density at radius 2 is 1.79 bits per heavy atom. The molecule has 0 saturated carbocycles. The van der Waals surface area contributed by atoms with Crippen LogP contribution in [-0.4, -0.2) is 15.1 Å². The van der Waals surface area contributed by atoms with Gasteiger partial charge in [0.2, 0.25) is 5.82 Å². The molecule has 0 fully saturated rings. The standard InChI is InChI=1S/C17H15N3O4/c1-11-7-12(2)9-15(8-11)23-10-16-18-17(19-24-16)13-3-5-14(6-4-13)20(21)22/h3-9H,10H2,1-2H3. The molecular formula is C17H15N3O4. The summed E-state index contributed by atoms with van der Waals surface area (Å²) in [5.74, 6) is 1.44. The van der Waals surface area contributed by atoms with Crippen LogP contribution < -0.4 is 4.74 Å². The number of non-ortho nitro benzene ring substituents is 1. The Balaban J connectivity index is 1.70. The van der Waals surface area contributed by atoms with Gasteiger partial charge in [-0.25, -0.2) is 0 Å². The van der Waals surface area contributed by atoms with Crippen molar-refractivity contribution in [1.82, 2.24) is 10.1 Å². The van der Waals surface area contributed by atoms with Crippen molar-refractivity contribution in [2.75, 3.05) is 0 Å². The third-order valence-electron chi connectivity index (χ3n) is 3.36. The molecule has 3 rings (SSSR count). The molecular weight excluding hydrogens is 310 g/mol. The first-order valence-corrected chi connectivity index (χ1v) is 7.30. The van der Waals surface area contributed by atoms with Crippen LogP contribution in [0.1, 0.15) is 17.0 Å². The lowest BCUT2D eigenvalue weighted by atomic mass is 10.1. The lowest BCUT2D eigenvalue weighted by Gasteiger charge is -2.05. The summed E-state index contributed by atoms with van der Waals surface area (Å²) in [7, 11) is 0. The normalized spacial score (nSPS) is 10.6. The number of benzene rings is 2. The summed E-state index contributed by atoms with van der Waals surface area (Å²) in [6, 6.07) is 11.9. The zero-order chi connectivity index (χ0) is 17.1. The Morgan fingerprint density at radius 1 is 1.12 bits per heavy atom. The maximum Gasteiger partial charge on any atom is 0.269 e. The number of ether oxygens (including phenoxy) is 1. The van der Waals surface area contributed by atoms with Crippen molar-refractivity contribution in [2.45, 2.75) is 20.5 Å². The molecule has 0 aliphatic rings. The van der Waals surface area contributed by atoms with Gasteiger partial charge in [-0.1, -0.05) is 11.2 Å². The molecule has 1 heterocycles. The minimum Gasteiger partial charge on any atom is -0.484 e. The zero-order valence-corrected chi connectivity index (χ0v) is 13.2. The summed E-state index contributed by atoms with van der Waals surface area (Å²) in [5.41, 5.74) is 2.88. The smallest absolute Gasteiger partial charge is 0.269 e. The molecule has 0 aliphatic carbocycles. The highest BCUT2D eigenvalue weighted by Crippen LogP contribution is 2.21. The van der Waals surface area contributed by atoms with Gasteiger partial charge in [-0.3, -0.25) is 10.1 Å². The van der Waals surface area contributed by atoms with Gasteiger partial charge in [0.25, 0.3) is 11.6 Å². The second-order valence-electron chi connectivity index (χ2n) is 5.43. The van der Waals surface area contributed by atoms with E-state index in [2.05, 4.69) is 16.2 Å². The van der Waals surface area contributed by atoms with E-state index < -0.39 is 4.92 Å². The van der Waals surface area contributed by atoms with Crippen LogP contribution in [0, 0.1) is 24.0 Å². The van der Waals surface area contributed by atoms with Crippen molar-refractivity contribution in [3.63, 3.8) is 0 Å². The van der Waals surface area contributed by atoms with Crippen molar-refractivity contribution in [3.8, 4) is 17.1 Å². The highest BCUT2D eigenvalue weighted by molar-refractivity contribution is 5.56. The maximum atomic E-state index is 10.7. The number of aromatic nitrogens is 2. The summed E-state index contributed by atoms with van der Waals surface area (Å²) in [5, 5.41) is 14.5. The van der Waals surface area contributed by atoms with Crippen LogP contribution in [0.15, 0.2) is 47.0 Å². The quantitative estimate of drug-likeness (QED) is 0.523. The summed E-state index contributed by atoms with van der Waals surface area (Å²) >= 11 is 0. The Kier molecular flexibility index (Phi) is 4.24. The Labute approximate surface area is 138 Å². The van der Waals surface area contributed by atoms with Gasteiger partial charge in [0.05, 0.1) is 4.92 Å². The van der Waals surface area contributed by atoms with E-state index in [1.54, 1.807) is 12.1 Å². The lowest BCUT2D eigenvalue weighted by Crippen LogP contribution is -1.96. The molecule has 0 saturated heterocycles. The van der Waals surface area contributed by atoms with Gasteiger partial charge in [0, 0.05) is 17.7 Å². The zero-order valence-electron chi connectivity index (χ0n) is 13.2. The predicted octanol–water partition coefficient (Wildman–Crippen LogP) is 3.84. The largest absolute Gasteiger partial charge is 0.484 e. The van der Waals surface area contributed by atoms with E-state index in [0.717, 1.165) is 16.9 Å². The number of nitrogens with zero attached hydrogens (tertiary/aromatic N) is 3. The summed E-state index contributed by atoms with van der Waals surface area (Å²) in [4.78, 5) is 14.4. The molecule has 0 aliphatic heterocycles. The first kappa shape index (κ1) is 15.7. The highest BCUT2D eigenvalue weighted by atomic mass is 16.6. The fraction of sp³-hybridized carbons (Fsp3) is 0.176. The van der Waals surface area contributed by atoms with E-state index in [-0.39, 0.29) is 12.3 Å². The fourth-order valence-electron chi connectivity index (χ4n) is 2.32. The van der Waals surface area contributed by atoms with Gasteiger partial charge in [0.1, 0.15) is 5.75 Å².